The average Bonchev–Trinajstić information content (AvgIpc) is 3.42. The molecular weight excluding hydrogens is 342 g/mol. The van der Waals surface area contributed by atoms with Crippen molar-refractivity contribution in [1.82, 2.24) is 24.8 Å². The van der Waals surface area contributed by atoms with E-state index in [-0.39, 0.29) is 11.8 Å². The van der Waals surface area contributed by atoms with Crippen molar-refractivity contribution in [1.29, 1.82) is 0 Å². The van der Waals surface area contributed by atoms with E-state index in [2.05, 4.69) is 39.2 Å². The van der Waals surface area contributed by atoms with Gasteiger partial charge in [-0.15, -0.1) is 15.3 Å². The number of hydrogen-bond acceptors (Lipinski definition) is 6. The zero-order chi connectivity index (χ0) is 18.5. The molecule has 8 heteroatoms. The molecule has 5 rings (SSSR count). The van der Waals surface area contributed by atoms with Crippen molar-refractivity contribution in [3.63, 3.8) is 0 Å². The molecule has 0 aromatic carbocycles. The molecule has 27 heavy (non-hydrogen) atoms. The van der Waals surface area contributed by atoms with Crippen molar-refractivity contribution in [2.45, 2.75) is 39.7 Å². The molecule has 3 aromatic rings. The number of aryl methyl sites for hydroxylation is 1. The Morgan fingerprint density at radius 2 is 2.11 bits per heavy atom. The number of fused-ring (bicyclic) bond motifs is 2. The van der Waals surface area contributed by atoms with Gasteiger partial charge in [0, 0.05) is 42.2 Å². The third-order valence-corrected chi connectivity index (χ3v) is 5.52. The van der Waals surface area contributed by atoms with E-state index < -0.39 is 0 Å². The summed E-state index contributed by atoms with van der Waals surface area (Å²) in [7, 11) is 0. The van der Waals surface area contributed by atoms with Crippen LogP contribution in [0.1, 0.15) is 35.2 Å². The predicted molar refractivity (Wildman–Crippen MR) is 101 cm³/mol. The third kappa shape index (κ3) is 2.81. The van der Waals surface area contributed by atoms with Gasteiger partial charge in [0.05, 0.1) is 11.9 Å². The third-order valence-electron chi connectivity index (χ3n) is 5.52. The number of nitrogens with one attached hydrogen (secondary N) is 1. The Hall–Kier alpha value is -3.03. The molecule has 1 aliphatic heterocycles. The van der Waals surface area contributed by atoms with E-state index in [1.807, 2.05) is 6.07 Å². The standard InChI is InChI=1S/C19H21N7O/c1-11-12(2)18(24-26-10-21-23-17(11)26)25-6-5-16-14(9-25)7-15(8-20-16)22-19(27)13-3-4-13/h7-8,10,13H,3-6,9H2,1-2H3,(H,22,27). The van der Waals surface area contributed by atoms with E-state index in [0.29, 0.717) is 0 Å². The minimum atomic E-state index is 0.107. The molecule has 0 saturated heterocycles. The maximum absolute atomic E-state index is 12.0. The number of amides is 1. The van der Waals surface area contributed by atoms with E-state index in [0.717, 1.165) is 71.9 Å². The lowest BCUT2D eigenvalue weighted by Crippen LogP contribution is -2.33. The fourth-order valence-corrected chi connectivity index (χ4v) is 3.63. The van der Waals surface area contributed by atoms with Crippen LogP contribution < -0.4 is 10.2 Å². The van der Waals surface area contributed by atoms with Crippen molar-refractivity contribution in [2.75, 3.05) is 16.8 Å². The van der Waals surface area contributed by atoms with Crippen LogP contribution in [0.4, 0.5) is 11.5 Å². The van der Waals surface area contributed by atoms with Crippen LogP contribution in [0, 0.1) is 19.8 Å². The van der Waals surface area contributed by atoms with Gasteiger partial charge in [-0.05, 0) is 38.3 Å². The molecule has 1 aliphatic carbocycles. The maximum Gasteiger partial charge on any atom is 0.227 e. The van der Waals surface area contributed by atoms with Gasteiger partial charge in [0.15, 0.2) is 11.5 Å². The van der Waals surface area contributed by atoms with Crippen LogP contribution in [0.25, 0.3) is 5.65 Å². The van der Waals surface area contributed by atoms with E-state index in [4.69, 9.17) is 5.10 Å². The summed E-state index contributed by atoms with van der Waals surface area (Å²) < 4.78 is 1.73. The lowest BCUT2D eigenvalue weighted by atomic mass is 10.0. The Morgan fingerprint density at radius 3 is 2.93 bits per heavy atom. The second kappa shape index (κ2) is 6.00. The Balaban J connectivity index is 1.45. The number of carbonyl (C=O) groups is 1. The lowest BCUT2D eigenvalue weighted by molar-refractivity contribution is -0.117. The topological polar surface area (TPSA) is 88.3 Å². The summed E-state index contributed by atoms with van der Waals surface area (Å²) in [4.78, 5) is 18.9. The molecule has 3 aromatic heterocycles. The van der Waals surface area contributed by atoms with Crippen LogP contribution in [0.3, 0.4) is 0 Å². The second-order valence-corrected chi connectivity index (χ2v) is 7.44. The summed E-state index contributed by atoms with van der Waals surface area (Å²) in [5.41, 5.74) is 6.01. The summed E-state index contributed by atoms with van der Waals surface area (Å²) in [6.45, 7) is 5.70. The van der Waals surface area contributed by atoms with E-state index >= 15 is 0 Å². The molecule has 8 nitrogen and oxygen atoms in total. The Kier molecular flexibility index (Phi) is 3.60. The molecule has 0 radical (unpaired) electrons. The first-order valence-corrected chi connectivity index (χ1v) is 9.31. The minimum Gasteiger partial charge on any atom is -0.350 e. The number of nitrogens with zero attached hydrogens (tertiary/aromatic N) is 6. The van der Waals surface area contributed by atoms with E-state index in [1.165, 1.54) is 0 Å². The summed E-state index contributed by atoms with van der Waals surface area (Å²) >= 11 is 0. The fraction of sp³-hybridized carbons (Fsp3) is 0.421. The number of carbonyl (C=O) groups excluding carboxylic acids is 1. The Bertz CT molecular complexity index is 1050. The zero-order valence-corrected chi connectivity index (χ0v) is 15.4. The molecule has 138 valence electrons. The summed E-state index contributed by atoms with van der Waals surface area (Å²) in [5, 5.41) is 15.8. The normalized spacial score (nSPS) is 16.4. The Labute approximate surface area is 156 Å². The van der Waals surface area contributed by atoms with Crippen LogP contribution in [0.2, 0.25) is 0 Å². The number of pyridine rings is 1. The molecule has 4 heterocycles. The van der Waals surface area contributed by atoms with Gasteiger partial charge in [-0.2, -0.15) is 4.52 Å². The van der Waals surface area contributed by atoms with Crippen LogP contribution in [0.15, 0.2) is 18.6 Å². The predicted octanol–water partition coefficient (Wildman–Crippen LogP) is 2.05. The van der Waals surface area contributed by atoms with Gasteiger partial charge in [-0.3, -0.25) is 9.78 Å². The molecule has 0 atom stereocenters. The van der Waals surface area contributed by atoms with Gasteiger partial charge >= 0.3 is 0 Å². The van der Waals surface area contributed by atoms with Crippen molar-refractivity contribution in [3.05, 3.63) is 41.0 Å². The van der Waals surface area contributed by atoms with Gasteiger partial charge in [-0.1, -0.05) is 0 Å². The van der Waals surface area contributed by atoms with Gasteiger partial charge < -0.3 is 10.2 Å². The molecule has 0 spiro atoms. The monoisotopic (exact) mass is 363 g/mol. The second-order valence-electron chi connectivity index (χ2n) is 7.44. The number of hydrogen-bond donors (Lipinski definition) is 1. The SMILES string of the molecule is Cc1c(N2CCc3ncc(NC(=O)C4CC4)cc3C2)nn2cnnc2c1C. The van der Waals surface area contributed by atoms with Crippen molar-refractivity contribution in [3.8, 4) is 0 Å². The van der Waals surface area contributed by atoms with Crippen LogP contribution >= 0.6 is 0 Å². The molecule has 2 aliphatic rings. The first-order chi connectivity index (χ1) is 13.1. The maximum atomic E-state index is 12.0. The van der Waals surface area contributed by atoms with Gasteiger partial charge in [0.1, 0.15) is 6.33 Å². The Morgan fingerprint density at radius 1 is 1.26 bits per heavy atom. The molecule has 0 unspecified atom stereocenters. The van der Waals surface area contributed by atoms with Crippen molar-refractivity contribution < 1.29 is 4.79 Å². The largest absolute Gasteiger partial charge is 0.350 e. The van der Waals surface area contributed by atoms with Gasteiger partial charge in [0.2, 0.25) is 5.91 Å². The summed E-state index contributed by atoms with van der Waals surface area (Å²) in [5.74, 6) is 1.23. The molecule has 1 saturated carbocycles. The lowest BCUT2D eigenvalue weighted by Gasteiger charge is -2.30. The average molecular weight is 363 g/mol. The number of rotatable bonds is 3. The van der Waals surface area contributed by atoms with E-state index in [1.54, 1.807) is 17.0 Å². The molecule has 1 N–H and O–H groups in total. The number of aromatic nitrogens is 5. The van der Waals surface area contributed by atoms with Crippen molar-refractivity contribution >= 4 is 23.1 Å². The zero-order valence-electron chi connectivity index (χ0n) is 15.4. The molecular formula is C19H21N7O. The fourth-order valence-electron chi connectivity index (χ4n) is 3.63. The molecule has 1 fully saturated rings. The smallest absolute Gasteiger partial charge is 0.227 e. The highest BCUT2D eigenvalue weighted by molar-refractivity contribution is 5.94. The quantitative estimate of drug-likeness (QED) is 0.766. The van der Waals surface area contributed by atoms with Crippen LogP contribution in [0.5, 0.6) is 0 Å². The molecule has 1 amide bonds. The summed E-state index contributed by atoms with van der Waals surface area (Å²) in [6, 6.07) is 2.05. The summed E-state index contributed by atoms with van der Waals surface area (Å²) in [6.07, 6.45) is 6.25. The first kappa shape index (κ1) is 16.2. The highest BCUT2D eigenvalue weighted by atomic mass is 16.2. The highest BCUT2D eigenvalue weighted by Crippen LogP contribution is 2.31. The minimum absolute atomic E-state index is 0.107. The van der Waals surface area contributed by atoms with Crippen LogP contribution in [-0.2, 0) is 17.8 Å². The van der Waals surface area contributed by atoms with Crippen molar-refractivity contribution in [2.24, 2.45) is 5.92 Å². The van der Waals surface area contributed by atoms with Crippen LogP contribution in [-0.4, -0.2) is 37.2 Å². The first-order valence-electron chi connectivity index (χ1n) is 9.31. The van der Waals surface area contributed by atoms with E-state index in [9.17, 15) is 4.79 Å². The molecule has 0 bridgehead atoms. The van der Waals surface area contributed by atoms with Gasteiger partial charge in [0.25, 0.3) is 0 Å². The highest BCUT2D eigenvalue weighted by Gasteiger charge is 2.30. The van der Waals surface area contributed by atoms with Gasteiger partial charge in [-0.25, -0.2) is 0 Å². The number of anilines is 2.